The van der Waals surface area contributed by atoms with Gasteiger partial charge in [-0.1, -0.05) is 6.07 Å². The van der Waals surface area contributed by atoms with Gasteiger partial charge in [0.25, 0.3) is 0 Å². The third kappa shape index (κ3) is 4.17. The quantitative estimate of drug-likeness (QED) is 0.798. The predicted octanol–water partition coefficient (Wildman–Crippen LogP) is 2.40. The Kier molecular flexibility index (Phi) is 4.83. The molecule has 2 rings (SSSR count). The number of hydrogen-bond acceptors (Lipinski definition) is 5. The van der Waals surface area contributed by atoms with Crippen molar-refractivity contribution in [2.45, 2.75) is 51.8 Å². The molecule has 1 aliphatic heterocycles. The van der Waals surface area contributed by atoms with Crippen LogP contribution in [0.15, 0.2) is 18.3 Å². The van der Waals surface area contributed by atoms with Gasteiger partial charge in [-0.2, -0.15) is 0 Å². The second kappa shape index (κ2) is 6.43. The molecule has 21 heavy (non-hydrogen) atoms. The SMILES string of the molecule is COc1ncccc1CN1CCC[C@H]1C(=O)OC(C)(C)C. The lowest BCUT2D eigenvalue weighted by Crippen LogP contribution is -2.40. The molecule has 0 saturated carbocycles. The van der Waals surface area contributed by atoms with Crippen molar-refractivity contribution in [3.63, 3.8) is 0 Å². The van der Waals surface area contributed by atoms with Gasteiger partial charge in [-0.15, -0.1) is 0 Å². The number of nitrogens with zero attached hydrogens (tertiary/aromatic N) is 2. The summed E-state index contributed by atoms with van der Waals surface area (Å²) in [5, 5.41) is 0. The molecule has 0 radical (unpaired) electrons. The first-order chi connectivity index (χ1) is 9.90. The molecule has 0 bridgehead atoms. The lowest BCUT2D eigenvalue weighted by Gasteiger charge is -2.27. The summed E-state index contributed by atoms with van der Waals surface area (Å²) in [6, 6.07) is 3.70. The largest absolute Gasteiger partial charge is 0.481 e. The standard InChI is InChI=1S/C16H24N2O3/c1-16(2,3)21-15(19)13-8-6-10-18(13)11-12-7-5-9-17-14(12)20-4/h5,7,9,13H,6,8,10-11H2,1-4H3/t13-/m0/s1. The Balaban J connectivity index is 2.07. The topological polar surface area (TPSA) is 51.7 Å². The molecule has 1 aromatic heterocycles. The summed E-state index contributed by atoms with van der Waals surface area (Å²) < 4.78 is 10.8. The molecule has 2 heterocycles. The second-order valence-electron chi connectivity index (χ2n) is 6.33. The number of pyridine rings is 1. The molecule has 1 aromatic rings. The van der Waals surface area contributed by atoms with Gasteiger partial charge in [0.15, 0.2) is 0 Å². The van der Waals surface area contributed by atoms with E-state index in [1.165, 1.54) is 0 Å². The molecule has 1 aliphatic rings. The highest BCUT2D eigenvalue weighted by Gasteiger charge is 2.34. The van der Waals surface area contributed by atoms with Crippen LogP contribution in [0.25, 0.3) is 0 Å². The Morgan fingerprint density at radius 1 is 1.48 bits per heavy atom. The molecular weight excluding hydrogens is 268 g/mol. The normalized spacial score (nSPS) is 19.5. The van der Waals surface area contributed by atoms with E-state index in [9.17, 15) is 4.79 Å². The van der Waals surface area contributed by atoms with Gasteiger partial charge in [0, 0.05) is 18.3 Å². The van der Waals surface area contributed by atoms with Crippen LogP contribution < -0.4 is 4.74 Å². The van der Waals surface area contributed by atoms with E-state index in [1.807, 2.05) is 32.9 Å². The van der Waals surface area contributed by atoms with Gasteiger partial charge >= 0.3 is 5.97 Å². The molecule has 0 aliphatic carbocycles. The van der Waals surface area contributed by atoms with Gasteiger partial charge in [-0.3, -0.25) is 9.69 Å². The van der Waals surface area contributed by atoms with E-state index in [-0.39, 0.29) is 12.0 Å². The molecular formula is C16H24N2O3. The number of hydrogen-bond donors (Lipinski definition) is 0. The molecule has 1 atom stereocenters. The number of likely N-dealkylation sites (tertiary alicyclic amines) is 1. The fraction of sp³-hybridized carbons (Fsp3) is 0.625. The van der Waals surface area contributed by atoms with E-state index >= 15 is 0 Å². The third-order valence-electron chi connectivity index (χ3n) is 3.46. The van der Waals surface area contributed by atoms with Gasteiger partial charge in [0.2, 0.25) is 5.88 Å². The van der Waals surface area contributed by atoms with Crippen molar-refractivity contribution < 1.29 is 14.3 Å². The van der Waals surface area contributed by atoms with Crippen LogP contribution in [-0.4, -0.2) is 41.2 Å². The van der Waals surface area contributed by atoms with E-state index in [4.69, 9.17) is 9.47 Å². The van der Waals surface area contributed by atoms with Crippen LogP contribution in [0.4, 0.5) is 0 Å². The summed E-state index contributed by atoms with van der Waals surface area (Å²) >= 11 is 0. The second-order valence-corrected chi connectivity index (χ2v) is 6.33. The molecule has 5 nitrogen and oxygen atoms in total. The maximum Gasteiger partial charge on any atom is 0.323 e. The maximum absolute atomic E-state index is 12.3. The van der Waals surface area contributed by atoms with Crippen LogP contribution in [0, 0.1) is 0 Å². The molecule has 0 amide bonds. The summed E-state index contributed by atoms with van der Waals surface area (Å²) in [5.41, 5.74) is 0.549. The van der Waals surface area contributed by atoms with Gasteiger partial charge in [-0.05, 0) is 46.2 Å². The molecule has 0 spiro atoms. The first kappa shape index (κ1) is 15.8. The van der Waals surface area contributed by atoms with Gasteiger partial charge in [0.05, 0.1) is 7.11 Å². The van der Waals surface area contributed by atoms with E-state index < -0.39 is 5.60 Å². The predicted molar refractivity (Wildman–Crippen MR) is 80.1 cm³/mol. The summed E-state index contributed by atoms with van der Waals surface area (Å²) in [7, 11) is 1.61. The molecule has 0 aromatic carbocycles. The van der Waals surface area contributed by atoms with Crippen molar-refractivity contribution in [3.05, 3.63) is 23.9 Å². The molecule has 1 saturated heterocycles. The minimum absolute atomic E-state index is 0.136. The average Bonchev–Trinajstić information content (AvgIpc) is 2.85. The fourth-order valence-electron chi connectivity index (χ4n) is 2.60. The highest BCUT2D eigenvalue weighted by Crippen LogP contribution is 2.25. The molecule has 1 fully saturated rings. The average molecular weight is 292 g/mol. The van der Waals surface area contributed by atoms with Crippen LogP contribution in [0.2, 0.25) is 0 Å². The Morgan fingerprint density at radius 3 is 2.90 bits per heavy atom. The summed E-state index contributed by atoms with van der Waals surface area (Å²) in [6.07, 6.45) is 3.56. The van der Waals surface area contributed by atoms with Crippen molar-refractivity contribution in [2.75, 3.05) is 13.7 Å². The minimum Gasteiger partial charge on any atom is -0.481 e. The van der Waals surface area contributed by atoms with Crippen molar-refractivity contribution in [1.29, 1.82) is 0 Å². The third-order valence-corrected chi connectivity index (χ3v) is 3.46. The Hall–Kier alpha value is -1.62. The summed E-state index contributed by atoms with van der Waals surface area (Å²) in [4.78, 5) is 18.7. The van der Waals surface area contributed by atoms with Crippen molar-refractivity contribution in [2.24, 2.45) is 0 Å². The first-order valence-electron chi connectivity index (χ1n) is 7.35. The number of carbonyl (C=O) groups excluding carboxylic acids is 1. The lowest BCUT2D eigenvalue weighted by molar-refractivity contribution is -0.160. The first-order valence-corrected chi connectivity index (χ1v) is 7.35. The number of aromatic nitrogens is 1. The van der Waals surface area contributed by atoms with Crippen molar-refractivity contribution in [3.8, 4) is 5.88 Å². The van der Waals surface area contributed by atoms with Crippen LogP contribution in [0.1, 0.15) is 39.2 Å². The molecule has 0 N–H and O–H groups in total. The minimum atomic E-state index is -0.447. The van der Waals surface area contributed by atoms with E-state index in [2.05, 4.69) is 9.88 Å². The zero-order valence-electron chi connectivity index (χ0n) is 13.3. The van der Waals surface area contributed by atoms with Crippen LogP contribution in [-0.2, 0) is 16.1 Å². The number of esters is 1. The van der Waals surface area contributed by atoms with E-state index in [0.29, 0.717) is 12.4 Å². The van der Waals surface area contributed by atoms with Crippen LogP contribution in [0.3, 0.4) is 0 Å². The Morgan fingerprint density at radius 2 is 2.24 bits per heavy atom. The van der Waals surface area contributed by atoms with Crippen LogP contribution in [0.5, 0.6) is 5.88 Å². The lowest BCUT2D eigenvalue weighted by atomic mass is 10.1. The summed E-state index contributed by atoms with van der Waals surface area (Å²) in [6.45, 7) is 7.24. The number of ether oxygens (including phenoxy) is 2. The zero-order chi connectivity index (χ0) is 15.5. The van der Waals surface area contributed by atoms with Crippen molar-refractivity contribution in [1.82, 2.24) is 9.88 Å². The summed E-state index contributed by atoms with van der Waals surface area (Å²) in [5.74, 6) is 0.482. The molecule has 116 valence electrons. The zero-order valence-corrected chi connectivity index (χ0v) is 13.3. The van der Waals surface area contributed by atoms with Gasteiger partial charge in [0.1, 0.15) is 11.6 Å². The number of rotatable bonds is 4. The number of methoxy groups -OCH3 is 1. The highest BCUT2D eigenvalue weighted by atomic mass is 16.6. The van der Waals surface area contributed by atoms with Crippen LogP contribution >= 0.6 is 0 Å². The monoisotopic (exact) mass is 292 g/mol. The van der Waals surface area contributed by atoms with E-state index in [0.717, 1.165) is 24.9 Å². The Bertz CT molecular complexity index is 497. The molecule has 0 unspecified atom stereocenters. The highest BCUT2D eigenvalue weighted by molar-refractivity contribution is 5.76. The number of carbonyl (C=O) groups is 1. The van der Waals surface area contributed by atoms with Gasteiger partial charge < -0.3 is 9.47 Å². The Labute approximate surface area is 126 Å². The van der Waals surface area contributed by atoms with Crippen molar-refractivity contribution >= 4 is 5.97 Å². The smallest absolute Gasteiger partial charge is 0.323 e. The van der Waals surface area contributed by atoms with E-state index in [1.54, 1.807) is 13.3 Å². The fourth-order valence-corrected chi connectivity index (χ4v) is 2.60. The van der Waals surface area contributed by atoms with Gasteiger partial charge in [-0.25, -0.2) is 4.98 Å². The molecule has 5 heteroatoms. The maximum atomic E-state index is 12.3.